The van der Waals surface area contributed by atoms with Crippen molar-refractivity contribution in [3.63, 3.8) is 0 Å². The standard InChI is InChI=1S/C17H17ClF3N3O.ClH/c1-10-8-24(5-4-22-10)16-14(20)7-15(21)17(23-16)25-9-11-2-3-12(18)6-13(11)19;/h2-3,6-7,10,22H,4-5,8-9H2,1H3;1H/t10-;/m0./s1. The van der Waals surface area contributed by atoms with Gasteiger partial charge in [0.15, 0.2) is 17.5 Å². The van der Waals surface area contributed by atoms with Gasteiger partial charge in [0.05, 0.1) is 0 Å². The maximum absolute atomic E-state index is 14.1. The SMILES string of the molecule is C[C@H]1CN(c2nc(OCc3ccc(Cl)cc3F)c(F)cc2F)CCN1.Cl. The van der Waals surface area contributed by atoms with E-state index in [1.165, 1.54) is 12.1 Å². The fourth-order valence-electron chi connectivity index (χ4n) is 2.67. The normalized spacial score (nSPS) is 17.0. The number of hydrogen-bond donors (Lipinski definition) is 1. The van der Waals surface area contributed by atoms with Crippen LogP contribution in [0.5, 0.6) is 5.88 Å². The number of nitrogens with one attached hydrogen (secondary N) is 1. The summed E-state index contributed by atoms with van der Waals surface area (Å²) in [6, 6.07) is 4.99. The maximum Gasteiger partial charge on any atom is 0.252 e. The molecule has 9 heteroatoms. The van der Waals surface area contributed by atoms with E-state index in [1.807, 2.05) is 6.92 Å². The Morgan fingerprint density at radius 3 is 2.69 bits per heavy atom. The topological polar surface area (TPSA) is 37.4 Å². The first-order chi connectivity index (χ1) is 11.9. The van der Waals surface area contributed by atoms with Crippen LogP contribution in [0.2, 0.25) is 5.02 Å². The monoisotopic (exact) mass is 407 g/mol. The van der Waals surface area contributed by atoms with Gasteiger partial charge in [-0.05, 0) is 19.1 Å². The summed E-state index contributed by atoms with van der Waals surface area (Å²) in [4.78, 5) is 5.70. The zero-order chi connectivity index (χ0) is 18.0. The first-order valence-corrected chi connectivity index (χ1v) is 8.23. The molecule has 3 rings (SSSR count). The molecule has 1 aromatic carbocycles. The molecular formula is C17H18Cl2F3N3O. The molecule has 0 amide bonds. The molecule has 1 aliphatic rings. The van der Waals surface area contributed by atoms with Gasteiger partial charge in [0.1, 0.15) is 12.4 Å². The van der Waals surface area contributed by atoms with Gasteiger partial charge in [-0.25, -0.2) is 13.2 Å². The van der Waals surface area contributed by atoms with Gasteiger partial charge in [-0.1, -0.05) is 17.7 Å². The first kappa shape index (κ1) is 20.6. The van der Waals surface area contributed by atoms with Crippen molar-refractivity contribution in [1.29, 1.82) is 0 Å². The van der Waals surface area contributed by atoms with E-state index in [9.17, 15) is 13.2 Å². The average molecular weight is 408 g/mol. The molecule has 0 saturated carbocycles. The molecule has 26 heavy (non-hydrogen) atoms. The average Bonchev–Trinajstić information content (AvgIpc) is 2.55. The Balaban J connectivity index is 0.00000243. The van der Waals surface area contributed by atoms with Gasteiger partial charge in [-0.2, -0.15) is 4.98 Å². The highest BCUT2D eigenvalue weighted by molar-refractivity contribution is 6.30. The lowest BCUT2D eigenvalue weighted by molar-refractivity contribution is 0.270. The quantitative estimate of drug-likeness (QED) is 0.832. The van der Waals surface area contributed by atoms with Gasteiger partial charge in [0.2, 0.25) is 0 Å². The van der Waals surface area contributed by atoms with E-state index >= 15 is 0 Å². The number of nitrogens with zero attached hydrogens (tertiary/aromatic N) is 2. The zero-order valence-corrected chi connectivity index (χ0v) is 15.5. The molecule has 0 spiro atoms. The maximum atomic E-state index is 14.1. The summed E-state index contributed by atoms with van der Waals surface area (Å²) in [6.45, 7) is 3.49. The largest absolute Gasteiger partial charge is 0.471 e. The number of rotatable bonds is 4. The second-order valence-corrected chi connectivity index (χ2v) is 6.34. The smallest absolute Gasteiger partial charge is 0.252 e. The van der Waals surface area contributed by atoms with Crippen LogP contribution in [0.4, 0.5) is 19.0 Å². The minimum atomic E-state index is -0.932. The van der Waals surface area contributed by atoms with Gasteiger partial charge >= 0.3 is 0 Å². The van der Waals surface area contributed by atoms with Gasteiger partial charge in [-0.3, -0.25) is 0 Å². The molecule has 1 aromatic heterocycles. The number of hydrogen-bond acceptors (Lipinski definition) is 4. The van der Waals surface area contributed by atoms with E-state index in [1.54, 1.807) is 4.90 Å². The number of pyridine rings is 1. The van der Waals surface area contributed by atoms with Crippen LogP contribution in [0.25, 0.3) is 0 Å². The molecule has 2 heterocycles. The molecule has 0 radical (unpaired) electrons. The van der Waals surface area contributed by atoms with E-state index < -0.39 is 17.5 Å². The highest BCUT2D eigenvalue weighted by Gasteiger charge is 2.22. The summed E-state index contributed by atoms with van der Waals surface area (Å²) in [5, 5.41) is 3.49. The summed E-state index contributed by atoms with van der Waals surface area (Å²) in [6.07, 6.45) is 0. The van der Waals surface area contributed by atoms with Crippen molar-refractivity contribution in [1.82, 2.24) is 10.3 Å². The van der Waals surface area contributed by atoms with Gasteiger partial charge in [-0.15, -0.1) is 12.4 Å². The Bertz CT molecular complexity index is 779. The Hall–Kier alpha value is -1.70. The van der Waals surface area contributed by atoms with Crippen LogP contribution < -0.4 is 15.0 Å². The van der Waals surface area contributed by atoms with Crippen molar-refractivity contribution in [2.75, 3.05) is 24.5 Å². The Labute approximate surface area is 160 Å². The molecule has 1 atom stereocenters. The summed E-state index contributed by atoms with van der Waals surface area (Å²) >= 11 is 5.69. The molecular weight excluding hydrogens is 390 g/mol. The van der Waals surface area contributed by atoms with Crippen LogP contribution in [0.1, 0.15) is 12.5 Å². The molecule has 1 fully saturated rings. The van der Waals surface area contributed by atoms with Crippen LogP contribution in [0.3, 0.4) is 0 Å². The van der Waals surface area contributed by atoms with E-state index in [-0.39, 0.29) is 47.3 Å². The third-order valence-electron chi connectivity index (χ3n) is 3.93. The molecule has 1 saturated heterocycles. The van der Waals surface area contributed by atoms with E-state index in [0.717, 1.165) is 12.1 Å². The second-order valence-electron chi connectivity index (χ2n) is 5.91. The fraction of sp³-hybridized carbons (Fsp3) is 0.353. The van der Waals surface area contributed by atoms with Crippen LogP contribution in [-0.4, -0.2) is 30.7 Å². The molecule has 0 aliphatic carbocycles. The summed E-state index contributed by atoms with van der Waals surface area (Å²) in [7, 11) is 0. The molecule has 2 aromatic rings. The Morgan fingerprint density at radius 2 is 2.00 bits per heavy atom. The van der Waals surface area contributed by atoms with Crippen molar-refractivity contribution in [2.45, 2.75) is 19.6 Å². The summed E-state index contributed by atoms with van der Waals surface area (Å²) in [5.74, 6) is -2.58. The van der Waals surface area contributed by atoms with Crippen LogP contribution in [-0.2, 0) is 6.61 Å². The third-order valence-corrected chi connectivity index (χ3v) is 4.16. The summed E-state index contributed by atoms with van der Waals surface area (Å²) in [5.41, 5.74) is 0.201. The predicted molar refractivity (Wildman–Crippen MR) is 96.8 cm³/mol. The van der Waals surface area contributed by atoms with Crippen molar-refractivity contribution in [2.24, 2.45) is 0 Å². The molecule has 1 N–H and O–H groups in total. The molecule has 4 nitrogen and oxygen atoms in total. The fourth-order valence-corrected chi connectivity index (χ4v) is 2.83. The third kappa shape index (κ3) is 4.72. The predicted octanol–water partition coefficient (Wildman–Crippen LogP) is 3.95. The number of benzene rings is 1. The van der Waals surface area contributed by atoms with Crippen LogP contribution >= 0.6 is 24.0 Å². The summed E-state index contributed by atoms with van der Waals surface area (Å²) < 4.78 is 47.1. The van der Waals surface area contributed by atoms with Crippen molar-refractivity contribution >= 4 is 29.8 Å². The number of piperazine rings is 1. The van der Waals surface area contributed by atoms with Crippen molar-refractivity contribution < 1.29 is 17.9 Å². The minimum absolute atomic E-state index is 0. The minimum Gasteiger partial charge on any atom is -0.471 e. The second kappa shape index (κ2) is 8.79. The van der Waals surface area contributed by atoms with Crippen LogP contribution in [0, 0.1) is 17.5 Å². The first-order valence-electron chi connectivity index (χ1n) is 7.85. The molecule has 142 valence electrons. The Morgan fingerprint density at radius 1 is 1.23 bits per heavy atom. The van der Waals surface area contributed by atoms with E-state index in [0.29, 0.717) is 19.6 Å². The Kier molecular flexibility index (Phi) is 6.97. The highest BCUT2D eigenvalue weighted by atomic mass is 35.5. The number of aromatic nitrogens is 1. The van der Waals surface area contributed by atoms with E-state index in [2.05, 4.69) is 10.3 Å². The highest BCUT2D eigenvalue weighted by Crippen LogP contribution is 2.26. The van der Waals surface area contributed by atoms with Crippen molar-refractivity contribution in [3.8, 4) is 5.88 Å². The number of anilines is 1. The lowest BCUT2D eigenvalue weighted by atomic mass is 10.2. The van der Waals surface area contributed by atoms with Gasteiger partial charge in [0.25, 0.3) is 5.88 Å². The van der Waals surface area contributed by atoms with Crippen molar-refractivity contribution in [3.05, 3.63) is 52.3 Å². The molecule has 0 bridgehead atoms. The lowest BCUT2D eigenvalue weighted by Gasteiger charge is -2.33. The zero-order valence-electron chi connectivity index (χ0n) is 13.9. The van der Waals surface area contributed by atoms with Gasteiger partial charge < -0.3 is 15.0 Å². The van der Waals surface area contributed by atoms with Gasteiger partial charge in [0, 0.05) is 42.3 Å². The number of ether oxygens (including phenoxy) is 1. The molecule has 1 aliphatic heterocycles. The van der Waals surface area contributed by atoms with E-state index in [4.69, 9.17) is 16.3 Å². The number of halogens is 5. The van der Waals surface area contributed by atoms with Crippen LogP contribution in [0.15, 0.2) is 24.3 Å². The molecule has 0 unspecified atom stereocenters. The lowest BCUT2D eigenvalue weighted by Crippen LogP contribution is -2.49.